The number of nitrogens with two attached hydrogens (primary N) is 1. The molecule has 7 heteroatoms. The van der Waals surface area contributed by atoms with Gasteiger partial charge in [0.2, 0.25) is 10.0 Å². The summed E-state index contributed by atoms with van der Waals surface area (Å²) < 4.78 is 32.4. The van der Waals surface area contributed by atoms with Crippen LogP contribution < -0.4 is 15.2 Å². The van der Waals surface area contributed by atoms with Crippen LogP contribution in [0.1, 0.15) is 13.8 Å². The van der Waals surface area contributed by atoms with Crippen LogP contribution in [0.5, 0.6) is 5.75 Å². The van der Waals surface area contributed by atoms with E-state index in [1.54, 1.807) is 12.1 Å². The van der Waals surface area contributed by atoms with Gasteiger partial charge < -0.3 is 15.4 Å². The summed E-state index contributed by atoms with van der Waals surface area (Å²) in [7, 11) is 0.308. The van der Waals surface area contributed by atoms with E-state index < -0.39 is 10.0 Å². The minimum absolute atomic E-state index is 0.220. The van der Waals surface area contributed by atoms with Crippen molar-refractivity contribution in [3.8, 4) is 5.75 Å². The van der Waals surface area contributed by atoms with Gasteiger partial charge in [-0.3, -0.25) is 0 Å². The maximum absolute atomic E-state index is 12.2. The Hall–Kier alpha value is -1.15. The number of benzene rings is 1. The lowest BCUT2D eigenvalue weighted by atomic mass is 10.1. The first-order valence-corrected chi connectivity index (χ1v) is 8.27. The van der Waals surface area contributed by atoms with Crippen molar-refractivity contribution in [3.63, 3.8) is 0 Å². The normalized spacial score (nSPS) is 12.7. The fraction of sp³-hybridized carbons (Fsp3) is 0.571. The van der Waals surface area contributed by atoms with Crippen LogP contribution in [0.3, 0.4) is 0 Å². The van der Waals surface area contributed by atoms with Crippen molar-refractivity contribution in [1.82, 2.24) is 9.62 Å². The van der Waals surface area contributed by atoms with Crippen LogP contribution >= 0.6 is 0 Å². The highest BCUT2D eigenvalue weighted by Crippen LogP contribution is 2.17. The Labute approximate surface area is 127 Å². The van der Waals surface area contributed by atoms with Crippen LogP contribution in [0.15, 0.2) is 29.2 Å². The number of sulfonamides is 1. The minimum Gasteiger partial charge on any atom is -0.492 e. The molecule has 21 heavy (non-hydrogen) atoms. The molecule has 3 N–H and O–H groups in total. The highest BCUT2D eigenvalue weighted by Gasteiger charge is 2.24. The molecule has 1 aromatic rings. The Morgan fingerprint density at radius 1 is 1.24 bits per heavy atom. The molecule has 1 aromatic carbocycles. The number of hydrogen-bond acceptors (Lipinski definition) is 5. The molecule has 0 saturated heterocycles. The van der Waals surface area contributed by atoms with E-state index in [0.29, 0.717) is 25.4 Å². The van der Waals surface area contributed by atoms with E-state index >= 15 is 0 Å². The van der Waals surface area contributed by atoms with Crippen molar-refractivity contribution < 1.29 is 13.2 Å². The molecule has 0 aliphatic heterocycles. The average molecular weight is 315 g/mol. The van der Waals surface area contributed by atoms with Crippen molar-refractivity contribution in [3.05, 3.63) is 24.3 Å². The molecule has 0 aliphatic carbocycles. The van der Waals surface area contributed by atoms with Gasteiger partial charge in [0.05, 0.1) is 4.90 Å². The predicted octanol–water partition coefficient (Wildman–Crippen LogP) is 0.643. The topological polar surface area (TPSA) is 84.7 Å². The Morgan fingerprint density at radius 3 is 2.29 bits per heavy atom. The SMILES string of the molecule is CN(C)C(C)(C)CNS(=O)(=O)c1ccc(OCCN)cc1. The lowest BCUT2D eigenvalue weighted by molar-refractivity contribution is 0.199. The van der Waals surface area contributed by atoms with Gasteiger partial charge in [-0.05, 0) is 52.2 Å². The Bertz CT molecular complexity index is 539. The van der Waals surface area contributed by atoms with Gasteiger partial charge in [-0.1, -0.05) is 0 Å². The first-order valence-electron chi connectivity index (χ1n) is 6.79. The maximum atomic E-state index is 12.2. The fourth-order valence-corrected chi connectivity index (χ4v) is 2.61. The molecule has 120 valence electrons. The molecule has 0 fully saturated rings. The van der Waals surface area contributed by atoms with Crippen molar-refractivity contribution in [1.29, 1.82) is 0 Å². The average Bonchev–Trinajstić information content (AvgIpc) is 2.43. The van der Waals surface area contributed by atoms with Crippen LogP contribution in [0.2, 0.25) is 0 Å². The standard InChI is InChI=1S/C14H25N3O3S/c1-14(2,17(3)4)11-16-21(18,19)13-7-5-12(6-8-13)20-10-9-15/h5-8,16H,9-11,15H2,1-4H3. The summed E-state index contributed by atoms with van der Waals surface area (Å²) in [5.74, 6) is 0.605. The first kappa shape index (κ1) is 17.9. The molecule has 1 rings (SSSR count). The molecule has 0 radical (unpaired) electrons. The zero-order valence-corrected chi connectivity index (χ0v) is 13.9. The quantitative estimate of drug-likeness (QED) is 0.735. The lowest BCUT2D eigenvalue weighted by Gasteiger charge is -2.32. The van der Waals surface area contributed by atoms with Gasteiger partial charge in [-0.25, -0.2) is 13.1 Å². The molecule has 0 unspecified atom stereocenters. The van der Waals surface area contributed by atoms with E-state index in [-0.39, 0.29) is 10.4 Å². The second-order valence-electron chi connectivity index (χ2n) is 5.64. The molecule has 0 spiro atoms. The molecule has 0 heterocycles. The summed E-state index contributed by atoms with van der Waals surface area (Å²) >= 11 is 0. The lowest BCUT2D eigenvalue weighted by Crippen LogP contribution is -2.48. The Balaban J connectivity index is 2.74. The van der Waals surface area contributed by atoms with E-state index in [2.05, 4.69) is 4.72 Å². The second kappa shape index (κ2) is 7.22. The third kappa shape index (κ3) is 5.28. The van der Waals surface area contributed by atoms with E-state index in [4.69, 9.17) is 10.5 Å². The largest absolute Gasteiger partial charge is 0.492 e. The van der Waals surface area contributed by atoms with Gasteiger partial charge in [-0.2, -0.15) is 0 Å². The zero-order valence-electron chi connectivity index (χ0n) is 13.1. The monoisotopic (exact) mass is 315 g/mol. The van der Waals surface area contributed by atoms with Crippen molar-refractivity contribution in [2.45, 2.75) is 24.3 Å². The summed E-state index contributed by atoms with van der Waals surface area (Å²) in [6, 6.07) is 6.30. The zero-order chi connectivity index (χ0) is 16.1. The Kier molecular flexibility index (Phi) is 6.15. The van der Waals surface area contributed by atoms with Crippen LogP contribution in [-0.2, 0) is 10.0 Å². The van der Waals surface area contributed by atoms with Crippen LogP contribution in [-0.4, -0.2) is 52.6 Å². The molecular formula is C14H25N3O3S. The Morgan fingerprint density at radius 2 is 1.81 bits per heavy atom. The summed E-state index contributed by atoms with van der Waals surface area (Å²) in [6.07, 6.45) is 0. The van der Waals surface area contributed by atoms with Crippen molar-refractivity contribution >= 4 is 10.0 Å². The molecule has 0 atom stereocenters. The van der Waals surface area contributed by atoms with Gasteiger partial charge in [0.1, 0.15) is 12.4 Å². The van der Waals surface area contributed by atoms with E-state index in [0.717, 1.165) is 0 Å². The van der Waals surface area contributed by atoms with Gasteiger partial charge in [0.25, 0.3) is 0 Å². The smallest absolute Gasteiger partial charge is 0.240 e. The first-order chi connectivity index (χ1) is 9.69. The fourth-order valence-electron chi connectivity index (χ4n) is 1.40. The highest BCUT2D eigenvalue weighted by atomic mass is 32.2. The van der Waals surface area contributed by atoms with Crippen molar-refractivity contribution in [2.75, 3.05) is 33.8 Å². The molecule has 0 aliphatic rings. The molecule has 0 bridgehead atoms. The number of likely N-dealkylation sites (N-methyl/N-ethyl adjacent to an activating group) is 1. The highest BCUT2D eigenvalue weighted by molar-refractivity contribution is 7.89. The van der Waals surface area contributed by atoms with Crippen molar-refractivity contribution in [2.24, 2.45) is 5.73 Å². The number of nitrogens with one attached hydrogen (secondary N) is 1. The molecule has 0 amide bonds. The molecule has 6 nitrogen and oxygen atoms in total. The van der Waals surface area contributed by atoms with Gasteiger partial charge in [0, 0.05) is 18.6 Å². The van der Waals surface area contributed by atoms with E-state index in [1.807, 2.05) is 32.8 Å². The van der Waals surface area contributed by atoms with Crippen LogP contribution in [0, 0.1) is 0 Å². The number of rotatable bonds is 8. The third-order valence-corrected chi connectivity index (χ3v) is 4.84. The summed E-state index contributed by atoms with van der Waals surface area (Å²) in [5.41, 5.74) is 5.08. The summed E-state index contributed by atoms with van der Waals surface area (Å²) in [5, 5.41) is 0. The van der Waals surface area contributed by atoms with Gasteiger partial charge >= 0.3 is 0 Å². The number of nitrogens with zero attached hydrogens (tertiary/aromatic N) is 1. The van der Waals surface area contributed by atoms with Crippen LogP contribution in [0.4, 0.5) is 0 Å². The predicted molar refractivity (Wildman–Crippen MR) is 83.9 cm³/mol. The molecule has 0 saturated carbocycles. The van der Waals surface area contributed by atoms with Gasteiger partial charge in [-0.15, -0.1) is 0 Å². The number of hydrogen-bond donors (Lipinski definition) is 2. The number of ether oxygens (including phenoxy) is 1. The second-order valence-corrected chi connectivity index (χ2v) is 7.41. The van der Waals surface area contributed by atoms with E-state index in [1.165, 1.54) is 12.1 Å². The third-order valence-electron chi connectivity index (χ3n) is 3.43. The molecular weight excluding hydrogens is 290 g/mol. The van der Waals surface area contributed by atoms with Gasteiger partial charge in [0.15, 0.2) is 0 Å². The van der Waals surface area contributed by atoms with E-state index in [9.17, 15) is 8.42 Å². The summed E-state index contributed by atoms with van der Waals surface area (Å²) in [4.78, 5) is 2.19. The van der Waals surface area contributed by atoms with Crippen LogP contribution in [0.25, 0.3) is 0 Å². The summed E-state index contributed by atoms with van der Waals surface area (Å²) in [6.45, 7) is 5.09. The minimum atomic E-state index is -3.52. The maximum Gasteiger partial charge on any atom is 0.240 e. The molecule has 0 aromatic heterocycles.